The van der Waals surface area contributed by atoms with Crippen molar-refractivity contribution in [3.05, 3.63) is 29.6 Å². The maximum Gasteiger partial charge on any atom is 0.232 e. The molecule has 0 heterocycles. The topological polar surface area (TPSA) is 46.2 Å². The van der Waals surface area contributed by atoms with E-state index in [0.29, 0.717) is 0 Å². The molecule has 0 unspecified atom stereocenters. The van der Waals surface area contributed by atoms with Gasteiger partial charge in [0.25, 0.3) is 0 Å². The van der Waals surface area contributed by atoms with Gasteiger partial charge in [-0.3, -0.25) is 4.72 Å². The molecule has 1 aromatic rings. The Labute approximate surface area is 83.0 Å². The average Bonchev–Trinajstić information content (AvgIpc) is 2.11. The second kappa shape index (κ2) is 3.96. The fourth-order valence-electron chi connectivity index (χ4n) is 0.957. The van der Waals surface area contributed by atoms with Crippen LogP contribution in [0.3, 0.4) is 0 Å². The van der Waals surface area contributed by atoms with Gasteiger partial charge in [0.1, 0.15) is 5.82 Å². The minimum atomic E-state index is -3.40. The molecule has 1 N–H and O–H groups in total. The van der Waals surface area contributed by atoms with Crippen LogP contribution in [0.5, 0.6) is 0 Å². The fourth-order valence-corrected chi connectivity index (χ4v) is 1.59. The van der Waals surface area contributed by atoms with Crippen molar-refractivity contribution in [3.63, 3.8) is 0 Å². The maximum absolute atomic E-state index is 13.1. The van der Waals surface area contributed by atoms with Gasteiger partial charge in [-0.2, -0.15) is 0 Å². The number of sulfonamides is 1. The third-order valence-electron chi connectivity index (χ3n) is 1.77. The summed E-state index contributed by atoms with van der Waals surface area (Å²) in [6.45, 7) is 3.26. The quantitative estimate of drug-likeness (QED) is 0.840. The Hall–Kier alpha value is -1.10. The van der Waals surface area contributed by atoms with E-state index in [2.05, 4.69) is 4.72 Å². The summed E-state index contributed by atoms with van der Waals surface area (Å²) >= 11 is 0. The first-order chi connectivity index (χ1) is 6.44. The highest BCUT2D eigenvalue weighted by Gasteiger charge is 2.10. The first kappa shape index (κ1) is 11.0. The average molecular weight is 217 g/mol. The molecule has 0 aliphatic rings. The summed E-state index contributed by atoms with van der Waals surface area (Å²) < 4.78 is 37.6. The van der Waals surface area contributed by atoms with Crippen molar-refractivity contribution in [1.29, 1.82) is 0 Å². The van der Waals surface area contributed by atoms with Gasteiger partial charge >= 0.3 is 0 Å². The number of halogens is 1. The lowest BCUT2D eigenvalue weighted by molar-refractivity contribution is 0.599. The maximum atomic E-state index is 13.1. The number of aryl methyl sites for hydroxylation is 1. The highest BCUT2D eigenvalue weighted by molar-refractivity contribution is 7.92. The van der Waals surface area contributed by atoms with Gasteiger partial charge in [0.2, 0.25) is 10.0 Å². The van der Waals surface area contributed by atoms with Crippen molar-refractivity contribution in [1.82, 2.24) is 0 Å². The monoisotopic (exact) mass is 217 g/mol. The van der Waals surface area contributed by atoms with Crippen LogP contribution in [0.1, 0.15) is 12.5 Å². The van der Waals surface area contributed by atoms with Crippen molar-refractivity contribution in [2.45, 2.75) is 13.8 Å². The zero-order chi connectivity index (χ0) is 10.8. The van der Waals surface area contributed by atoms with Gasteiger partial charge in [-0.05, 0) is 31.5 Å². The van der Waals surface area contributed by atoms with Crippen LogP contribution in [0.25, 0.3) is 0 Å². The van der Waals surface area contributed by atoms with E-state index in [9.17, 15) is 12.8 Å². The Bertz CT molecular complexity index is 428. The molecule has 0 bridgehead atoms. The molecular weight excluding hydrogens is 205 g/mol. The predicted molar refractivity (Wildman–Crippen MR) is 54.2 cm³/mol. The molecule has 0 amide bonds. The highest BCUT2D eigenvalue weighted by Crippen LogP contribution is 2.16. The molecule has 5 heteroatoms. The van der Waals surface area contributed by atoms with E-state index in [1.54, 1.807) is 13.0 Å². The van der Waals surface area contributed by atoms with Crippen LogP contribution in [0.4, 0.5) is 10.1 Å². The predicted octanol–water partition coefficient (Wildman–Crippen LogP) is 1.90. The molecule has 0 saturated carbocycles. The Morgan fingerprint density at radius 1 is 1.43 bits per heavy atom. The third kappa shape index (κ3) is 2.70. The zero-order valence-corrected chi connectivity index (χ0v) is 8.86. The SMILES string of the molecule is CCS(=O)(=O)Nc1cc(C)ccc1F. The largest absolute Gasteiger partial charge is 0.281 e. The summed E-state index contributed by atoms with van der Waals surface area (Å²) in [6.07, 6.45) is 0. The van der Waals surface area contributed by atoms with Gasteiger partial charge in [0.05, 0.1) is 11.4 Å². The van der Waals surface area contributed by atoms with Gasteiger partial charge in [0.15, 0.2) is 0 Å². The van der Waals surface area contributed by atoms with E-state index in [4.69, 9.17) is 0 Å². The molecule has 0 spiro atoms. The van der Waals surface area contributed by atoms with Gasteiger partial charge in [-0.1, -0.05) is 6.07 Å². The summed E-state index contributed by atoms with van der Waals surface area (Å²) in [4.78, 5) is 0. The first-order valence-electron chi connectivity index (χ1n) is 4.21. The molecule has 1 rings (SSSR count). The molecule has 0 saturated heterocycles. The molecule has 1 aromatic carbocycles. The highest BCUT2D eigenvalue weighted by atomic mass is 32.2. The van der Waals surface area contributed by atoms with E-state index in [1.807, 2.05) is 0 Å². The Morgan fingerprint density at radius 2 is 2.07 bits per heavy atom. The van der Waals surface area contributed by atoms with Gasteiger partial charge in [-0.25, -0.2) is 12.8 Å². The van der Waals surface area contributed by atoms with E-state index in [0.717, 1.165) is 5.56 Å². The summed E-state index contributed by atoms with van der Waals surface area (Å²) in [5.74, 6) is -0.631. The van der Waals surface area contributed by atoms with E-state index < -0.39 is 15.8 Å². The molecule has 0 aliphatic carbocycles. The molecule has 78 valence electrons. The van der Waals surface area contributed by atoms with Crippen LogP contribution in [0.15, 0.2) is 18.2 Å². The summed E-state index contributed by atoms with van der Waals surface area (Å²) in [5, 5.41) is 0. The van der Waals surface area contributed by atoms with Crippen LogP contribution in [-0.4, -0.2) is 14.2 Å². The number of nitrogens with one attached hydrogen (secondary N) is 1. The lowest BCUT2D eigenvalue weighted by Crippen LogP contribution is -2.15. The van der Waals surface area contributed by atoms with Crippen LogP contribution in [0, 0.1) is 12.7 Å². The normalized spacial score (nSPS) is 11.4. The minimum Gasteiger partial charge on any atom is -0.281 e. The van der Waals surface area contributed by atoms with Gasteiger partial charge < -0.3 is 0 Å². The van der Waals surface area contributed by atoms with Crippen LogP contribution >= 0.6 is 0 Å². The van der Waals surface area contributed by atoms with Crippen LogP contribution in [-0.2, 0) is 10.0 Å². The van der Waals surface area contributed by atoms with Crippen molar-refractivity contribution >= 4 is 15.7 Å². The zero-order valence-electron chi connectivity index (χ0n) is 8.04. The van der Waals surface area contributed by atoms with Crippen molar-refractivity contribution in [2.24, 2.45) is 0 Å². The third-order valence-corrected chi connectivity index (χ3v) is 3.06. The van der Waals surface area contributed by atoms with Crippen LogP contribution < -0.4 is 4.72 Å². The van der Waals surface area contributed by atoms with E-state index in [-0.39, 0.29) is 11.4 Å². The molecule has 14 heavy (non-hydrogen) atoms. The standard InChI is InChI=1S/C9H12FNO2S/c1-3-14(12,13)11-9-6-7(2)4-5-8(9)10/h4-6,11H,3H2,1-2H3. The Balaban J connectivity index is 3.03. The number of rotatable bonds is 3. The van der Waals surface area contributed by atoms with Crippen LogP contribution in [0.2, 0.25) is 0 Å². The second-order valence-electron chi connectivity index (χ2n) is 2.99. The number of benzene rings is 1. The molecular formula is C9H12FNO2S. The molecule has 0 fully saturated rings. The van der Waals surface area contributed by atoms with Gasteiger partial charge in [-0.15, -0.1) is 0 Å². The van der Waals surface area contributed by atoms with Gasteiger partial charge in [0, 0.05) is 0 Å². The molecule has 0 aliphatic heterocycles. The summed E-state index contributed by atoms with van der Waals surface area (Å²) in [5.41, 5.74) is 0.812. The number of hydrogen-bond acceptors (Lipinski definition) is 2. The van der Waals surface area contributed by atoms with Crippen molar-refractivity contribution in [3.8, 4) is 0 Å². The molecule has 3 nitrogen and oxygen atoms in total. The first-order valence-corrected chi connectivity index (χ1v) is 5.86. The lowest BCUT2D eigenvalue weighted by Gasteiger charge is -2.07. The fraction of sp³-hybridized carbons (Fsp3) is 0.333. The van der Waals surface area contributed by atoms with Crippen molar-refractivity contribution in [2.75, 3.05) is 10.5 Å². The van der Waals surface area contributed by atoms with E-state index >= 15 is 0 Å². The summed E-state index contributed by atoms with van der Waals surface area (Å²) in [6, 6.07) is 4.28. The number of anilines is 1. The minimum absolute atomic E-state index is 0.00634. The second-order valence-corrected chi connectivity index (χ2v) is 5.00. The molecule has 0 radical (unpaired) electrons. The van der Waals surface area contributed by atoms with Crippen molar-refractivity contribution < 1.29 is 12.8 Å². The molecule has 0 aromatic heterocycles. The summed E-state index contributed by atoms with van der Waals surface area (Å²) in [7, 11) is -3.40. The van der Waals surface area contributed by atoms with E-state index in [1.165, 1.54) is 19.1 Å². The Kier molecular flexibility index (Phi) is 3.10. The smallest absolute Gasteiger partial charge is 0.232 e. The Morgan fingerprint density at radius 3 is 2.64 bits per heavy atom. The lowest BCUT2D eigenvalue weighted by atomic mass is 10.2. The number of hydrogen-bond donors (Lipinski definition) is 1. The molecule has 0 atom stereocenters.